The van der Waals surface area contributed by atoms with Crippen LogP contribution in [0.25, 0.3) is 0 Å². The van der Waals surface area contributed by atoms with Gasteiger partial charge in [0.05, 0.1) is 5.94 Å². The molecule has 18 heteroatoms. The number of nitrogen functional groups attached to an aromatic ring is 1. The predicted octanol–water partition coefficient (Wildman–Crippen LogP) is -1.56. The molecule has 2 aromatic rings. The molecule has 2 aliphatic heterocycles. The second-order valence-electron chi connectivity index (χ2n) is 8.61. The van der Waals surface area contributed by atoms with Gasteiger partial charge >= 0.3 is 24.9 Å². The Bertz CT molecular complexity index is 1330. The standard InChI is InChI=1S/C21H23BF2N6O8S/c1-2-29-5-6-30(18(33)17(29)32)21(36)28-13(12-15(24)39-20(25)27-12)16(31)26-10-7-8-3-4-9(23)11(19(34)35)14(8)38-22(10)37/h3-4,10,13,21,28,36-37H,2,5-7H2,1H3,(H2,25,27)(H,26,31)(H,34,35)/t10-,13?,21?/m0/s1. The van der Waals surface area contributed by atoms with Gasteiger partial charge < -0.3 is 35.8 Å². The van der Waals surface area contributed by atoms with Crippen LogP contribution in [0.15, 0.2) is 12.1 Å². The third-order valence-electron chi connectivity index (χ3n) is 6.25. The van der Waals surface area contributed by atoms with Crippen LogP contribution in [-0.2, 0) is 20.8 Å². The third-order valence-corrected chi connectivity index (χ3v) is 6.94. The molecule has 3 heterocycles. The number of carboxylic acids is 1. The van der Waals surface area contributed by atoms with Gasteiger partial charge in [0.1, 0.15) is 28.9 Å². The highest BCUT2D eigenvalue weighted by molar-refractivity contribution is 7.13. The molecule has 1 fully saturated rings. The number of piperazine rings is 1. The van der Waals surface area contributed by atoms with E-state index >= 15 is 0 Å². The number of carbonyl (C=O) groups is 4. The quantitative estimate of drug-likeness (QED) is 0.122. The second-order valence-corrected chi connectivity index (χ2v) is 9.59. The van der Waals surface area contributed by atoms with Crippen LogP contribution < -0.4 is 21.0 Å². The topological polar surface area (TPSA) is 208 Å². The van der Waals surface area contributed by atoms with Crippen molar-refractivity contribution in [2.24, 2.45) is 0 Å². The van der Waals surface area contributed by atoms with Crippen LogP contribution >= 0.6 is 11.3 Å². The Labute approximate surface area is 223 Å². The summed E-state index contributed by atoms with van der Waals surface area (Å²) in [6.07, 6.45) is -2.13. The minimum Gasteiger partial charge on any atom is -0.534 e. The van der Waals surface area contributed by atoms with Gasteiger partial charge in [-0.25, -0.2) is 14.2 Å². The molecule has 3 atom stereocenters. The first-order chi connectivity index (χ1) is 18.4. The Kier molecular flexibility index (Phi) is 8.00. The summed E-state index contributed by atoms with van der Waals surface area (Å²) in [6, 6.07) is 0.352. The van der Waals surface area contributed by atoms with E-state index in [9.17, 15) is 43.2 Å². The van der Waals surface area contributed by atoms with Gasteiger partial charge in [0.2, 0.25) is 11.0 Å². The maximum absolute atomic E-state index is 14.6. The van der Waals surface area contributed by atoms with E-state index in [1.54, 1.807) is 6.92 Å². The zero-order chi connectivity index (χ0) is 28.6. The predicted molar refractivity (Wildman–Crippen MR) is 130 cm³/mol. The molecular weight excluding hydrogens is 545 g/mol. The van der Waals surface area contributed by atoms with E-state index < -0.39 is 77.1 Å². The molecule has 3 amide bonds. The monoisotopic (exact) mass is 568 g/mol. The highest BCUT2D eigenvalue weighted by Crippen LogP contribution is 2.32. The average Bonchev–Trinajstić information content (AvgIpc) is 3.21. The summed E-state index contributed by atoms with van der Waals surface area (Å²) in [5, 5.41) is 34.0. The molecule has 1 saturated heterocycles. The number of benzene rings is 1. The van der Waals surface area contributed by atoms with Gasteiger partial charge in [-0.1, -0.05) is 17.4 Å². The molecule has 0 saturated carbocycles. The van der Waals surface area contributed by atoms with E-state index in [-0.39, 0.29) is 36.8 Å². The lowest BCUT2D eigenvalue weighted by molar-refractivity contribution is -0.166. The third kappa shape index (κ3) is 5.49. The van der Waals surface area contributed by atoms with Gasteiger partial charge in [0, 0.05) is 19.6 Å². The molecule has 1 aromatic heterocycles. The lowest BCUT2D eigenvalue weighted by Crippen LogP contribution is -2.62. The zero-order valence-corrected chi connectivity index (χ0v) is 21.1. The molecule has 39 heavy (non-hydrogen) atoms. The first-order valence-corrected chi connectivity index (χ1v) is 12.4. The van der Waals surface area contributed by atoms with Crippen molar-refractivity contribution >= 4 is 47.3 Å². The summed E-state index contributed by atoms with van der Waals surface area (Å²) in [6.45, 7) is 1.97. The number of fused-ring (bicyclic) bond motifs is 1. The molecule has 208 valence electrons. The lowest BCUT2D eigenvalue weighted by Gasteiger charge is -2.37. The Balaban J connectivity index is 1.56. The Hall–Kier alpha value is -3.87. The van der Waals surface area contributed by atoms with Crippen LogP contribution in [-0.4, -0.2) is 92.8 Å². The van der Waals surface area contributed by atoms with Gasteiger partial charge in [-0.2, -0.15) is 4.39 Å². The number of hydrogen-bond donors (Lipinski definition) is 6. The highest BCUT2D eigenvalue weighted by Gasteiger charge is 2.42. The van der Waals surface area contributed by atoms with Gasteiger partial charge in [-0.05, 0) is 25.0 Å². The fourth-order valence-electron chi connectivity index (χ4n) is 4.28. The number of hydrogen-bond acceptors (Lipinski definition) is 11. The zero-order valence-electron chi connectivity index (χ0n) is 20.3. The van der Waals surface area contributed by atoms with Crippen molar-refractivity contribution in [2.45, 2.75) is 31.7 Å². The van der Waals surface area contributed by atoms with Crippen LogP contribution in [0.4, 0.5) is 13.9 Å². The second kappa shape index (κ2) is 11.1. The molecule has 1 aromatic carbocycles. The molecule has 4 rings (SSSR count). The number of aliphatic hydroxyl groups is 1. The molecular formula is C21H23BF2N6O8S. The minimum atomic E-state index is -1.92. The summed E-state index contributed by atoms with van der Waals surface area (Å²) in [7, 11) is -1.83. The van der Waals surface area contributed by atoms with Crippen LogP contribution in [0, 0.1) is 10.9 Å². The van der Waals surface area contributed by atoms with E-state index in [1.807, 2.05) is 0 Å². The molecule has 7 N–H and O–H groups in total. The number of likely N-dealkylation sites (N-methyl/N-ethyl adjacent to an activating group) is 1. The maximum Gasteiger partial charge on any atom is 0.547 e. The summed E-state index contributed by atoms with van der Waals surface area (Å²) in [5.41, 5.74) is 4.41. The molecule has 0 bridgehead atoms. The summed E-state index contributed by atoms with van der Waals surface area (Å²) < 4.78 is 33.8. The van der Waals surface area contributed by atoms with E-state index in [2.05, 4.69) is 15.6 Å². The van der Waals surface area contributed by atoms with Crippen LogP contribution in [0.3, 0.4) is 0 Å². The summed E-state index contributed by atoms with van der Waals surface area (Å²) >= 11 is 0.417. The molecule has 0 aliphatic carbocycles. The van der Waals surface area contributed by atoms with Crippen LogP contribution in [0.5, 0.6) is 5.75 Å². The number of nitrogens with zero attached hydrogens (tertiary/aromatic N) is 3. The van der Waals surface area contributed by atoms with Crippen molar-refractivity contribution in [1.82, 2.24) is 25.4 Å². The van der Waals surface area contributed by atoms with Gasteiger partial charge in [-0.3, -0.25) is 24.6 Å². The highest BCUT2D eigenvalue weighted by atomic mass is 32.1. The number of aromatic carboxylic acids is 1. The number of thiazole rings is 1. The van der Waals surface area contributed by atoms with Gasteiger partial charge in [-0.15, -0.1) is 0 Å². The number of aromatic nitrogens is 1. The van der Waals surface area contributed by atoms with Crippen molar-refractivity contribution in [3.63, 3.8) is 0 Å². The Morgan fingerprint density at radius 3 is 2.64 bits per heavy atom. The fraction of sp³-hybridized carbons (Fsp3) is 0.381. The van der Waals surface area contributed by atoms with Gasteiger partial charge in [0.15, 0.2) is 11.5 Å². The van der Waals surface area contributed by atoms with Crippen molar-refractivity contribution < 1.29 is 47.9 Å². The van der Waals surface area contributed by atoms with Crippen molar-refractivity contribution in [2.75, 3.05) is 25.4 Å². The SMILES string of the molecule is CCN1CCN(C(O)NC(C(=O)N[C@H]2Cc3ccc(F)c(C(=O)O)c3OB2O)c2nc(N)sc2F)C(=O)C1=O. The van der Waals surface area contributed by atoms with Crippen LogP contribution in [0.2, 0.25) is 0 Å². The average molecular weight is 568 g/mol. The number of nitrogens with two attached hydrogens (primary N) is 1. The Morgan fingerprint density at radius 2 is 2.03 bits per heavy atom. The number of carboxylic acid groups (broad SMARTS) is 1. The normalized spacial score (nSPS) is 18.9. The summed E-state index contributed by atoms with van der Waals surface area (Å²) in [4.78, 5) is 55.3. The fourth-order valence-corrected chi connectivity index (χ4v) is 4.87. The molecule has 14 nitrogen and oxygen atoms in total. The number of aliphatic hydroxyl groups excluding tert-OH is 1. The number of nitrogens with one attached hydrogen (secondary N) is 2. The van der Waals surface area contributed by atoms with E-state index in [0.29, 0.717) is 11.3 Å². The molecule has 0 radical (unpaired) electrons. The van der Waals surface area contributed by atoms with Crippen molar-refractivity contribution in [3.8, 4) is 5.75 Å². The Morgan fingerprint density at radius 1 is 1.31 bits per heavy atom. The molecule has 0 spiro atoms. The number of amides is 3. The minimum absolute atomic E-state index is 0.0863. The molecule has 2 unspecified atom stereocenters. The van der Waals surface area contributed by atoms with Crippen molar-refractivity contribution in [1.29, 1.82) is 0 Å². The largest absolute Gasteiger partial charge is 0.547 e. The van der Waals surface area contributed by atoms with Crippen LogP contribution in [0.1, 0.15) is 34.6 Å². The smallest absolute Gasteiger partial charge is 0.534 e. The maximum atomic E-state index is 14.6. The first kappa shape index (κ1) is 28.2. The van der Waals surface area contributed by atoms with E-state index in [4.69, 9.17) is 10.4 Å². The van der Waals surface area contributed by atoms with Gasteiger partial charge in [0.25, 0.3) is 0 Å². The number of anilines is 1. The lowest BCUT2D eigenvalue weighted by atomic mass is 9.72. The number of halogens is 2. The number of rotatable bonds is 8. The van der Waals surface area contributed by atoms with E-state index in [0.717, 1.165) is 11.0 Å². The number of carbonyl (C=O) groups excluding carboxylic acids is 3. The summed E-state index contributed by atoms with van der Waals surface area (Å²) in [5.74, 6) is -7.30. The van der Waals surface area contributed by atoms with E-state index in [1.165, 1.54) is 11.0 Å². The molecule has 2 aliphatic rings. The van der Waals surface area contributed by atoms with Crippen molar-refractivity contribution in [3.05, 3.63) is 39.9 Å². The first-order valence-electron chi connectivity index (χ1n) is 11.6.